The SMILES string of the molecule is Cc1ccc(-c2nc(N3CCCCCC3)ncc2C(=O)O)c(OCc2ccc(Cl)cc2)c1. The topological polar surface area (TPSA) is 75.6 Å². The molecule has 0 radical (unpaired) electrons. The van der Waals surface area contributed by atoms with E-state index in [1.165, 1.54) is 19.0 Å². The molecule has 0 unspecified atom stereocenters. The molecule has 1 aliphatic heterocycles. The van der Waals surface area contributed by atoms with Crippen molar-refractivity contribution in [2.75, 3.05) is 18.0 Å². The lowest BCUT2D eigenvalue weighted by atomic mass is 10.0. The summed E-state index contributed by atoms with van der Waals surface area (Å²) in [6, 6.07) is 13.2. The number of halogens is 1. The lowest BCUT2D eigenvalue weighted by Gasteiger charge is -2.21. The summed E-state index contributed by atoms with van der Waals surface area (Å²) in [6.07, 6.45) is 5.96. The standard InChI is InChI=1S/C25H26ClN3O3/c1-17-6-11-20(22(14-17)32-16-18-7-9-19(26)10-8-18)23-21(24(30)31)15-27-25(28-23)29-12-4-2-3-5-13-29/h6-11,14-15H,2-5,12-13,16H2,1H3,(H,30,31). The van der Waals surface area contributed by atoms with Crippen molar-refractivity contribution in [2.45, 2.75) is 39.2 Å². The van der Waals surface area contributed by atoms with Crippen LogP contribution >= 0.6 is 11.6 Å². The second-order valence-corrected chi connectivity index (χ2v) is 8.49. The van der Waals surface area contributed by atoms with E-state index in [0.717, 1.165) is 37.1 Å². The molecule has 32 heavy (non-hydrogen) atoms. The highest BCUT2D eigenvalue weighted by Gasteiger charge is 2.21. The third kappa shape index (κ3) is 5.19. The van der Waals surface area contributed by atoms with E-state index in [1.807, 2.05) is 49.4 Å². The van der Waals surface area contributed by atoms with E-state index in [4.69, 9.17) is 21.3 Å². The van der Waals surface area contributed by atoms with Gasteiger partial charge in [0.05, 0.1) is 5.69 Å². The number of hydrogen-bond acceptors (Lipinski definition) is 5. The summed E-state index contributed by atoms with van der Waals surface area (Å²) >= 11 is 5.98. The molecular weight excluding hydrogens is 426 g/mol. The number of rotatable bonds is 6. The van der Waals surface area contributed by atoms with Crippen LogP contribution in [-0.4, -0.2) is 34.1 Å². The molecule has 2 aromatic carbocycles. The number of aromatic carboxylic acids is 1. The Morgan fingerprint density at radius 2 is 1.81 bits per heavy atom. The van der Waals surface area contributed by atoms with Gasteiger partial charge in [-0.05, 0) is 55.2 Å². The third-order valence-electron chi connectivity index (χ3n) is 5.60. The third-order valence-corrected chi connectivity index (χ3v) is 5.85. The van der Waals surface area contributed by atoms with Crippen molar-refractivity contribution in [3.63, 3.8) is 0 Å². The van der Waals surface area contributed by atoms with Crippen LogP contribution in [0.2, 0.25) is 5.02 Å². The van der Waals surface area contributed by atoms with E-state index in [1.54, 1.807) is 0 Å². The van der Waals surface area contributed by atoms with Gasteiger partial charge in [-0.15, -0.1) is 0 Å². The van der Waals surface area contributed by atoms with E-state index in [-0.39, 0.29) is 5.56 Å². The minimum Gasteiger partial charge on any atom is -0.488 e. The second kappa shape index (κ2) is 10.0. The first-order chi connectivity index (χ1) is 15.5. The van der Waals surface area contributed by atoms with Crippen molar-refractivity contribution in [2.24, 2.45) is 0 Å². The summed E-state index contributed by atoms with van der Waals surface area (Å²) in [4.78, 5) is 23.2. The van der Waals surface area contributed by atoms with Crippen molar-refractivity contribution >= 4 is 23.5 Å². The van der Waals surface area contributed by atoms with Crippen LogP contribution in [0.5, 0.6) is 5.75 Å². The normalized spacial score (nSPS) is 14.1. The highest BCUT2D eigenvalue weighted by molar-refractivity contribution is 6.30. The van der Waals surface area contributed by atoms with Crippen molar-refractivity contribution in [3.05, 3.63) is 70.4 Å². The molecule has 4 rings (SSSR count). The Balaban J connectivity index is 1.71. The number of nitrogens with zero attached hydrogens (tertiary/aromatic N) is 3. The first kappa shape index (κ1) is 22.1. The van der Waals surface area contributed by atoms with Gasteiger partial charge in [0.1, 0.15) is 17.9 Å². The molecule has 1 saturated heterocycles. The fourth-order valence-corrected chi connectivity index (χ4v) is 3.97. The van der Waals surface area contributed by atoms with Crippen molar-refractivity contribution in [3.8, 4) is 17.0 Å². The first-order valence-electron chi connectivity index (χ1n) is 10.8. The largest absolute Gasteiger partial charge is 0.488 e. The summed E-state index contributed by atoms with van der Waals surface area (Å²) in [5, 5.41) is 10.5. The van der Waals surface area contributed by atoms with E-state index in [0.29, 0.717) is 34.6 Å². The predicted molar refractivity (Wildman–Crippen MR) is 126 cm³/mol. The zero-order valence-electron chi connectivity index (χ0n) is 18.1. The number of anilines is 1. The van der Waals surface area contributed by atoms with Crippen LogP contribution in [0.15, 0.2) is 48.7 Å². The molecule has 1 aliphatic rings. The summed E-state index contributed by atoms with van der Waals surface area (Å²) in [7, 11) is 0. The fourth-order valence-electron chi connectivity index (χ4n) is 3.84. The van der Waals surface area contributed by atoms with Gasteiger partial charge in [0.15, 0.2) is 0 Å². The number of aryl methyl sites for hydroxylation is 1. The van der Waals surface area contributed by atoms with E-state index >= 15 is 0 Å². The molecule has 0 aliphatic carbocycles. The summed E-state index contributed by atoms with van der Waals surface area (Å²) in [5.74, 6) is 0.0886. The Hall–Kier alpha value is -3.12. The molecule has 6 nitrogen and oxygen atoms in total. The molecule has 3 aromatic rings. The Bertz CT molecular complexity index is 1090. The van der Waals surface area contributed by atoms with Crippen LogP contribution < -0.4 is 9.64 Å². The molecule has 2 heterocycles. The van der Waals surface area contributed by atoms with Crippen LogP contribution in [0.3, 0.4) is 0 Å². The molecule has 0 bridgehead atoms. The zero-order valence-corrected chi connectivity index (χ0v) is 18.8. The molecular formula is C25H26ClN3O3. The van der Waals surface area contributed by atoms with Crippen LogP contribution in [0.25, 0.3) is 11.3 Å². The van der Waals surface area contributed by atoms with Gasteiger partial charge in [-0.1, -0.05) is 42.6 Å². The van der Waals surface area contributed by atoms with E-state index in [9.17, 15) is 9.90 Å². The molecule has 0 atom stereocenters. The van der Waals surface area contributed by atoms with Gasteiger partial charge < -0.3 is 14.7 Å². The lowest BCUT2D eigenvalue weighted by molar-refractivity contribution is 0.0697. The van der Waals surface area contributed by atoms with Gasteiger partial charge in [0, 0.05) is 29.9 Å². The summed E-state index contributed by atoms with van der Waals surface area (Å²) < 4.78 is 6.13. The fraction of sp³-hybridized carbons (Fsp3) is 0.320. The Kier molecular flexibility index (Phi) is 6.90. The average molecular weight is 452 g/mol. The number of hydrogen-bond donors (Lipinski definition) is 1. The van der Waals surface area contributed by atoms with E-state index < -0.39 is 5.97 Å². The number of carbonyl (C=O) groups is 1. The van der Waals surface area contributed by atoms with E-state index in [2.05, 4.69) is 9.88 Å². The molecule has 166 valence electrons. The minimum atomic E-state index is -1.06. The Morgan fingerprint density at radius 1 is 1.09 bits per heavy atom. The first-order valence-corrected chi connectivity index (χ1v) is 11.2. The molecule has 0 saturated carbocycles. The monoisotopic (exact) mass is 451 g/mol. The number of carboxylic acid groups (broad SMARTS) is 1. The zero-order chi connectivity index (χ0) is 22.5. The maximum absolute atomic E-state index is 12.0. The van der Waals surface area contributed by atoms with Crippen LogP contribution in [0.4, 0.5) is 5.95 Å². The summed E-state index contributed by atoms with van der Waals surface area (Å²) in [5.41, 5.74) is 3.05. The predicted octanol–water partition coefficient (Wildman–Crippen LogP) is 5.76. The highest BCUT2D eigenvalue weighted by Crippen LogP contribution is 2.34. The molecule has 1 fully saturated rings. The van der Waals surface area contributed by atoms with Gasteiger partial charge >= 0.3 is 5.97 Å². The lowest BCUT2D eigenvalue weighted by Crippen LogP contribution is -2.26. The second-order valence-electron chi connectivity index (χ2n) is 8.05. The number of carboxylic acids is 1. The average Bonchev–Trinajstić information content (AvgIpc) is 3.08. The highest BCUT2D eigenvalue weighted by atomic mass is 35.5. The Morgan fingerprint density at radius 3 is 2.50 bits per heavy atom. The molecule has 0 amide bonds. The number of ether oxygens (including phenoxy) is 1. The maximum atomic E-state index is 12.0. The van der Waals surface area contributed by atoms with Crippen molar-refractivity contribution in [1.29, 1.82) is 0 Å². The van der Waals surface area contributed by atoms with Crippen LogP contribution in [-0.2, 0) is 6.61 Å². The van der Waals surface area contributed by atoms with Crippen LogP contribution in [0.1, 0.15) is 47.2 Å². The van der Waals surface area contributed by atoms with Gasteiger partial charge in [-0.3, -0.25) is 0 Å². The molecule has 1 N–H and O–H groups in total. The maximum Gasteiger partial charge on any atom is 0.339 e. The summed E-state index contributed by atoms with van der Waals surface area (Å²) in [6.45, 7) is 4.05. The molecule has 7 heteroatoms. The minimum absolute atomic E-state index is 0.0590. The van der Waals surface area contributed by atoms with Gasteiger partial charge in [-0.2, -0.15) is 0 Å². The van der Waals surface area contributed by atoms with Gasteiger partial charge in [-0.25, -0.2) is 14.8 Å². The van der Waals surface area contributed by atoms with Crippen LogP contribution in [0, 0.1) is 6.92 Å². The quantitative estimate of drug-likeness (QED) is 0.513. The van der Waals surface area contributed by atoms with Gasteiger partial charge in [0.2, 0.25) is 5.95 Å². The van der Waals surface area contributed by atoms with Crippen molar-refractivity contribution < 1.29 is 14.6 Å². The van der Waals surface area contributed by atoms with Gasteiger partial charge in [0.25, 0.3) is 0 Å². The number of aromatic nitrogens is 2. The molecule has 1 aromatic heterocycles. The smallest absolute Gasteiger partial charge is 0.339 e. The number of benzene rings is 2. The molecule has 0 spiro atoms. The van der Waals surface area contributed by atoms with Crippen molar-refractivity contribution in [1.82, 2.24) is 9.97 Å². The Labute approximate surface area is 192 Å².